The summed E-state index contributed by atoms with van der Waals surface area (Å²) in [5.74, 6) is 3.15. The van der Waals surface area contributed by atoms with Gasteiger partial charge in [-0.1, -0.05) is 36.4 Å². The number of ether oxygens (including phenoxy) is 2. The van der Waals surface area contributed by atoms with Crippen molar-refractivity contribution in [2.75, 3.05) is 43.2 Å². The number of benzene rings is 2. The number of anilines is 2. The van der Waals surface area contributed by atoms with Crippen molar-refractivity contribution in [3.8, 4) is 11.5 Å². The maximum absolute atomic E-state index is 5.51. The smallest absolute Gasteiger partial charge is 0.231 e. The quantitative estimate of drug-likeness (QED) is 0.470. The van der Waals surface area contributed by atoms with E-state index in [1.165, 1.54) is 11.1 Å². The molecule has 0 amide bonds. The van der Waals surface area contributed by atoms with Crippen LogP contribution in [0.25, 0.3) is 11.2 Å². The first-order chi connectivity index (χ1) is 16.3. The number of nitrogens with zero attached hydrogens (tertiary/aromatic N) is 5. The van der Waals surface area contributed by atoms with Crippen molar-refractivity contribution in [3.63, 3.8) is 0 Å². The molecule has 168 valence electrons. The van der Waals surface area contributed by atoms with Gasteiger partial charge in [-0.2, -0.15) is 9.97 Å². The Morgan fingerprint density at radius 1 is 0.909 bits per heavy atom. The molecular weight excluding hydrogens is 418 g/mol. The normalized spacial score (nSPS) is 15.8. The van der Waals surface area contributed by atoms with Crippen LogP contribution in [0, 0.1) is 0 Å². The molecule has 0 unspecified atom stereocenters. The van der Waals surface area contributed by atoms with E-state index in [0.29, 0.717) is 24.9 Å². The molecule has 0 saturated carbocycles. The van der Waals surface area contributed by atoms with Crippen molar-refractivity contribution in [3.05, 3.63) is 66.0 Å². The highest BCUT2D eigenvalue weighted by Crippen LogP contribution is 2.33. The standard InChI is InChI=1S/C24H25N7O2/c1-2-4-17(5-3-1)13-25-22-21-23(27-15-26-21)29-24(28-22)31-10-8-30(9-11-31)14-18-6-7-19-20(12-18)33-16-32-19/h1-7,12,15H,8-11,13-14,16H2,(H2,25,26,27,28,29). The minimum atomic E-state index is 0.306. The summed E-state index contributed by atoms with van der Waals surface area (Å²) in [6.07, 6.45) is 1.67. The molecule has 2 N–H and O–H groups in total. The van der Waals surface area contributed by atoms with E-state index in [9.17, 15) is 0 Å². The molecule has 1 saturated heterocycles. The average Bonchev–Trinajstić information content (AvgIpc) is 3.53. The lowest BCUT2D eigenvalue weighted by molar-refractivity contribution is 0.174. The van der Waals surface area contributed by atoms with Crippen LogP contribution in [0.5, 0.6) is 11.5 Å². The molecule has 0 aliphatic carbocycles. The van der Waals surface area contributed by atoms with Crippen LogP contribution in [0.2, 0.25) is 0 Å². The van der Waals surface area contributed by atoms with Gasteiger partial charge in [-0.05, 0) is 23.3 Å². The summed E-state index contributed by atoms with van der Waals surface area (Å²) in [5.41, 5.74) is 3.94. The van der Waals surface area contributed by atoms with Gasteiger partial charge in [0.25, 0.3) is 0 Å². The average molecular weight is 444 g/mol. The second kappa shape index (κ2) is 8.59. The largest absolute Gasteiger partial charge is 0.454 e. The molecule has 0 bridgehead atoms. The predicted octanol–water partition coefficient (Wildman–Crippen LogP) is 3.02. The molecule has 0 atom stereocenters. The number of aromatic nitrogens is 4. The minimum absolute atomic E-state index is 0.306. The van der Waals surface area contributed by atoms with Crippen molar-refractivity contribution in [1.29, 1.82) is 0 Å². The third-order valence-corrected chi connectivity index (χ3v) is 6.07. The first-order valence-corrected chi connectivity index (χ1v) is 11.2. The van der Waals surface area contributed by atoms with E-state index in [0.717, 1.165) is 55.6 Å². The lowest BCUT2D eigenvalue weighted by Crippen LogP contribution is -2.46. The van der Waals surface area contributed by atoms with Gasteiger partial charge in [-0.3, -0.25) is 4.90 Å². The second-order valence-electron chi connectivity index (χ2n) is 8.26. The molecular formula is C24H25N7O2. The van der Waals surface area contributed by atoms with Crippen LogP contribution in [-0.2, 0) is 13.1 Å². The highest BCUT2D eigenvalue weighted by molar-refractivity contribution is 5.83. The minimum Gasteiger partial charge on any atom is -0.454 e. The van der Waals surface area contributed by atoms with Gasteiger partial charge in [-0.15, -0.1) is 0 Å². The SMILES string of the molecule is c1ccc(CNc2nc(N3CCN(Cc4ccc5c(c4)OCO5)CC3)nc3nc[nH]c23)cc1. The van der Waals surface area contributed by atoms with E-state index in [2.05, 4.69) is 49.4 Å². The van der Waals surface area contributed by atoms with Crippen LogP contribution < -0.4 is 19.7 Å². The van der Waals surface area contributed by atoms with E-state index >= 15 is 0 Å². The summed E-state index contributed by atoms with van der Waals surface area (Å²) in [4.78, 5) is 21.8. The topological polar surface area (TPSA) is 91.4 Å². The molecule has 4 aromatic rings. The van der Waals surface area contributed by atoms with E-state index in [-0.39, 0.29) is 0 Å². The molecule has 33 heavy (non-hydrogen) atoms. The van der Waals surface area contributed by atoms with Crippen molar-refractivity contribution in [2.45, 2.75) is 13.1 Å². The van der Waals surface area contributed by atoms with E-state index < -0.39 is 0 Å². The molecule has 2 aromatic carbocycles. The van der Waals surface area contributed by atoms with Gasteiger partial charge in [0.1, 0.15) is 5.52 Å². The number of nitrogens with one attached hydrogen (secondary N) is 2. The highest BCUT2D eigenvalue weighted by Gasteiger charge is 2.22. The number of piperazine rings is 1. The van der Waals surface area contributed by atoms with Gasteiger partial charge in [0, 0.05) is 39.3 Å². The van der Waals surface area contributed by atoms with Crippen LogP contribution in [0.3, 0.4) is 0 Å². The summed E-state index contributed by atoms with van der Waals surface area (Å²) in [6, 6.07) is 16.5. The Balaban J connectivity index is 1.13. The van der Waals surface area contributed by atoms with Gasteiger partial charge < -0.3 is 24.7 Å². The number of hydrogen-bond acceptors (Lipinski definition) is 8. The summed E-state index contributed by atoms with van der Waals surface area (Å²) < 4.78 is 10.9. The fourth-order valence-corrected chi connectivity index (χ4v) is 4.28. The summed E-state index contributed by atoms with van der Waals surface area (Å²) in [5, 5.41) is 3.45. The Labute approximate surface area is 191 Å². The third-order valence-electron chi connectivity index (χ3n) is 6.07. The van der Waals surface area contributed by atoms with E-state index in [1.54, 1.807) is 6.33 Å². The third kappa shape index (κ3) is 4.14. The van der Waals surface area contributed by atoms with Crippen molar-refractivity contribution < 1.29 is 9.47 Å². The fourth-order valence-electron chi connectivity index (χ4n) is 4.28. The van der Waals surface area contributed by atoms with Gasteiger partial charge in [0.15, 0.2) is 23.0 Å². The Bertz CT molecular complexity index is 1250. The molecule has 0 spiro atoms. The molecule has 1 fully saturated rings. The number of aromatic amines is 1. The van der Waals surface area contributed by atoms with Gasteiger partial charge >= 0.3 is 0 Å². The monoisotopic (exact) mass is 443 g/mol. The Kier molecular flexibility index (Phi) is 5.16. The molecule has 0 radical (unpaired) electrons. The van der Waals surface area contributed by atoms with Crippen LogP contribution >= 0.6 is 0 Å². The van der Waals surface area contributed by atoms with Crippen molar-refractivity contribution in [2.24, 2.45) is 0 Å². The zero-order valence-corrected chi connectivity index (χ0v) is 18.2. The molecule has 9 nitrogen and oxygen atoms in total. The van der Waals surface area contributed by atoms with Gasteiger partial charge in [-0.25, -0.2) is 4.98 Å². The maximum Gasteiger partial charge on any atom is 0.231 e. The molecule has 4 heterocycles. The second-order valence-corrected chi connectivity index (χ2v) is 8.26. The van der Waals surface area contributed by atoms with Gasteiger partial charge in [0.2, 0.25) is 12.7 Å². The van der Waals surface area contributed by atoms with Crippen molar-refractivity contribution >= 4 is 22.9 Å². The van der Waals surface area contributed by atoms with Crippen LogP contribution in [0.4, 0.5) is 11.8 Å². The number of rotatable bonds is 6. The first-order valence-electron chi connectivity index (χ1n) is 11.2. The van der Waals surface area contributed by atoms with Crippen LogP contribution in [-0.4, -0.2) is 57.8 Å². The number of imidazole rings is 1. The molecule has 2 aliphatic rings. The number of fused-ring (bicyclic) bond motifs is 2. The molecule has 2 aromatic heterocycles. The first kappa shape index (κ1) is 19.8. The molecule has 9 heteroatoms. The number of H-pyrrole nitrogens is 1. The Morgan fingerprint density at radius 3 is 2.64 bits per heavy atom. The van der Waals surface area contributed by atoms with Crippen molar-refractivity contribution in [1.82, 2.24) is 24.8 Å². The molecule has 2 aliphatic heterocycles. The Hall–Kier alpha value is -3.85. The summed E-state index contributed by atoms with van der Waals surface area (Å²) in [7, 11) is 0. The van der Waals surface area contributed by atoms with Gasteiger partial charge in [0.05, 0.1) is 6.33 Å². The lowest BCUT2D eigenvalue weighted by Gasteiger charge is -2.34. The Morgan fingerprint density at radius 2 is 1.76 bits per heavy atom. The summed E-state index contributed by atoms with van der Waals surface area (Å²) >= 11 is 0. The highest BCUT2D eigenvalue weighted by atomic mass is 16.7. The predicted molar refractivity (Wildman–Crippen MR) is 126 cm³/mol. The fraction of sp³-hybridized carbons (Fsp3) is 0.292. The van der Waals surface area contributed by atoms with Crippen LogP contribution in [0.1, 0.15) is 11.1 Å². The lowest BCUT2D eigenvalue weighted by atomic mass is 10.1. The van der Waals surface area contributed by atoms with Crippen LogP contribution in [0.15, 0.2) is 54.9 Å². The zero-order valence-electron chi connectivity index (χ0n) is 18.2. The van der Waals surface area contributed by atoms with E-state index in [4.69, 9.17) is 19.4 Å². The zero-order chi connectivity index (χ0) is 22.0. The molecule has 6 rings (SSSR count). The van der Waals surface area contributed by atoms with E-state index in [1.807, 2.05) is 24.3 Å². The maximum atomic E-state index is 5.51. The summed E-state index contributed by atoms with van der Waals surface area (Å²) in [6.45, 7) is 5.46. The number of hydrogen-bond donors (Lipinski definition) is 2.